The highest BCUT2D eigenvalue weighted by Gasteiger charge is 2.51. The summed E-state index contributed by atoms with van der Waals surface area (Å²) in [5, 5.41) is 32.7. The number of thioether (sulfide) groups is 1. The molecular weight excluding hydrogens is 617 g/mol. The first-order valence-electron chi connectivity index (χ1n) is 12.5. The molecule has 232 valence electrons. The van der Waals surface area contributed by atoms with Gasteiger partial charge >= 0.3 is 7.82 Å². The molecule has 2 fully saturated rings. The summed E-state index contributed by atoms with van der Waals surface area (Å²) in [5.41, 5.74) is 5.64. The summed E-state index contributed by atoms with van der Waals surface area (Å²) < 4.78 is 42.6. The van der Waals surface area contributed by atoms with Crippen molar-refractivity contribution in [3.8, 4) is 0 Å². The van der Waals surface area contributed by atoms with E-state index in [0.717, 1.165) is 6.33 Å². The van der Waals surface area contributed by atoms with Crippen molar-refractivity contribution >= 4 is 47.9 Å². The molecule has 0 saturated carbocycles. The molecule has 2 aliphatic heterocycles. The Hall–Kier alpha value is -3.08. The first-order valence-corrected chi connectivity index (χ1v) is 15.2. The van der Waals surface area contributed by atoms with E-state index in [-0.39, 0.29) is 17.1 Å². The maximum atomic E-state index is 13.1. The van der Waals surface area contributed by atoms with Crippen LogP contribution in [-0.2, 0) is 27.8 Å². The number of imidazole rings is 2. The fourth-order valence-electron chi connectivity index (χ4n) is 4.90. The van der Waals surface area contributed by atoms with Crippen molar-refractivity contribution < 1.29 is 48.0 Å². The Bertz CT molecular complexity index is 1750. The van der Waals surface area contributed by atoms with E-state index < -0.39 is 69.3 Å². The molecule has 6 rings (SSSR count). The molecule has 20 nitrogen and oxygen atoms in total. The van der Waals surface area contributed by atoms with Crippen LogP contribution in [0.1, 0.15) is 12.5 Å². The summed E-state index contributed by atoms with van der Waals surface area (Å²) in [7, 11) is -3.79. The normalized spacial score (nSPS) is 30.8. The van der Waals surface area contributed by atoms with Gasteiger partial charge in [0.1, 0.15) is 47.4 Å². The zero-order chi connectivity index (χ0) is 30.6. The zero-order valence-corrected chi connectivity index (χ0v) is 24.0. The van der Waals surface area contributed by atoms with Gasteiger partial charge in [-0.25, -0.2) is 24.5 Å². The molecule has 4 aromatic heterocycles. The van der Waals surface area contributed by atoms with Gasteiger partial charge in [-0.1, -0.05) is 0 Å². The van der Waals surface area contributed by atoms with Gasteiger partial charge in [-0.15, -0.1) is 11.8 Å². The van der Waals surface area contributed by atoms with Gasteiger partial charge < -0.3 is 40.2 Å². The summed E-state index contributed by atoms with van der Waals surface area (Å²) in [4.78, 5) is 45.7. The number of rotatable bonds is 9. The molecule has 0 aromatic carbocycles. The van der Waals surface area contributed by atoms with Crippen LogP contribution in [0.2, 0.25) is 0 Å². The van der Waals surface area contributed by atoms with E-state index in [1.54, 1.807) is 0 Å². The average Bonchev–Trinajstić information content (AvgIpc) is 3.73. The van der Waals surface area contributed by atoms with Crippen molar-refractivity contribution in [2.45, 2.75) is 54.3 Å². The molecule has 2 saturated heterocycles. The number of phosphoric ester groups is 1. The molecule has 0 spiro atoms. The maximum absolute atomic E-state index is 13.1. The molecule has 5 unspecified atom stereocenters. The monoisotopic (exact) mass is 643 g/mol. The van der Waals surface area contributed by atoms with Crippen LogP contribution in [0.3, 0.4) is 0 Å². The van der Waals surface area contributed by atoms with Gasteiger partial charge in [0.2, 0.25) is 5.95 Å². The number of fused-ring (bicyclic) bond motifs is 2. The SMILES string of the molecule is CO[C@H]1O[C@@H](n2cnc3c(=O)[nH]c(N)nc32)C(OP(=O)(O)OC[C@H]2O[C@@H](n3cnc4c(SC)ncnc43)C(O)C2O)C1O. The number of nitrogens with two attached hydrogens (primary N) is 1. The van der Waals surface area contributed by atoms with Crippen LogP contribution in [-0.4, -0.2) is 116 Å². The van der Waals surface area contributed by atoms with E-state index in [1.165, 1.54) is 40.7 Å². The number of methoxy groups -OCH3 is 1. The highest BCUT2D eigenvalue weighted by atomic mass is 32.2. The van der Waals surface area contributed by atoms with Crippen LogP contribution >= 0.6 is 19.6 Å². The number of aliphatic hydroxyl groups is 3. The number of aliphatic hydroxyl groups excluding tert-OH is 3. The van der Waals surface area contributed by atoms with E-state index in [1.807, 2.05) is 6.26 Å². The van der Waals surface area contributed by atoms with Gasteiger partial charge in [0.15, 0.2) is 35.6 Å². The van der Waals surface area contributed by atoms with Crippen molar-refractivity contribution in [3.63, 3.8) is 0 Å². The molecule has 9 atom stereocenters. The van der Waals surface area contributed by atoms with Gasteiger partial charge in [-0.2, -0.15) is 4.98 Å². The molecule has 0 bridgehead atoms. The predicted molar refractivity (Wildman–Crippen MR) is 143 cm³/mol. The van der Waals surface area contributed by atoms with Crippen LogP contribution < -0.4 is 11.3 Å². The quantitative estimate of drug-likeness (QED) is 0.0669. The van der Waals surface area contributed by atoms with Crippen LogP contribution in [0.4, 0.5) is 5.95 Å². The third-order valence-corrected chi connectivity index (χ3v) is 8.58. The Labute approximate surface area is 244 Å². The topological polar surface area (TPSA) is 277 Å². The van der Waals surface area contributed by atoms with Gasteiger partial charge in [0.05, 0.1) is 19.3 Å². The first kappa shape index (κ1) is 30.0. The van der Waals surface area contributed by atoms with E-state index in [2.05, 4.69) is 29.9 Å². The van der Waals surface area contributed by atoms with Crippen molar-refractivity contribution in [2.24, 2.45) is 0 Å². The molecule has 0 aliphatic carbocycles. The first-order chi connectivity index (χ1) is 20.5. The van der Waals surface area contributed by atoms with E-state index in [4.69, 9.17) is 29.0 Å². The lowest BCUT2D eigenvalue weighted by Gasteiger charge is -2.24. The van der Waals surface area contributed by atoms with Crippen molar-refractivity contribution in [1.29, 1.82) is 0 Å². The molecule has 6 heterocycles. The van der Waals surface area contributed by atoms with E-state index in [0.29, 0.717) is 16.2 Å². The van der Waals surface area contributed by atoms with Crippen LogP contribution in [0.25, 0.3) is 22.3 Å². The number of aromatic nitrogens is 8. The third kappa shape index (κ3) is 5.31. The number of nitrogen functional groups attached to an aromatic ring is 1. The van der Waals surface area contributed by atoms with Crippen LogP contribution in [0, 0.1) is 0 Å². The predicted octanol–water partition coefficient (Wildman–Crippen LogP) is -1.75. The molecule has 7 N–H and O–H groups in total. The Morgan fingerprint density at radius 2 is 1.77 bits per heavy atom. The van der Waals surface area contributed by atoms with Crippen LogP contribution in [0.5, 0.6) is 0 Å². The minimum Gasteiger partial charge on any atom is -0.387 e. The second kappa shape index (κ2) is 11.4. The number of H-pyrrole nitrogens is 1. The number of phosphoric acid groups is 1. The second-order valence-corrected chi connectivity index (χ2v) is 11.7. The molecule has 4 aromatic rings. The minimum absolute atomic E-state index is 0.0538. The van der Waals surface area contributed by atoms with Gasteiger partial charge in [-0.3, -0.25) is 28.0 Å². The molecule has 0 amide bonds. The maximum Gasteiger partial charge on any atom is 0.472 e. The lowest BCUT2D eigenvalue weighted by molar-refractivity contribution is -0.160. The number of nitrogens with zero attached hydrogens (tertiary/aromatic N) is 7. The summed E-state index contributed by atoms with van der Waals surface area (Å²) in [6, 6.07) is 0. The molecular formula is C21H26N9O11PS. The largest absolute Gasteiger partial charge is 0.472 e. The number of ether oxygens (including phenoxy) is 3. The number of hydrogen-bond donors (Lipinski definition) is 6. The highest BCUT2D eigenvalue weighted by Crippen LogP contribution is 2.50. The number of anilines is 1. The Morgan fingerprint density at radius 1 is 1.05 bits per heavy atom. The van der Waals surface area contributed by atoms with Gasteiger partial charge in [-0.05, 0) is 6.26 Å². The van der Waals surface area contributed by atoms with Crippen LogP contribution in [0.15, 0.2) is 28.8 Å². The average molecular weight is 644 g/mol. The smallest absolute Gasteiger partial charge is 0.387 e. The Morgan fingerprint density at radius 3 is 2.49 bits per heavy atom. The molecule has 0 radical (unpaired) electrons. The molecule has 43 heavy (non-hydrogen) atoms. The lowest BCUT2D eigenvalue weighted by Crippen LogP contribution is -2.35. The third-order valence-electron chi connectivity index (χ3n) is 6.91. The van der Waals surface area contributed by atoms with Crippen molar-refractivity contribution in [3.05, 3.63) is 29.3 Å². The van der Waals surface area contributed by atoms with E-state index >= 15 is 0 Å². The van der Waals surface area contributed by atoms with E-state index in [9.17, 15) is 29.6 Å². The highest BCUT2D eigenvalue weighted by molar-refractivity contribution is 7.98. The Kier molecular flexibility index (Phi) is 7.98. The van der Waals surface area contributed by atoms with Crippen molar-refractivity contribution in [1.82, 2.24) is 39.0 Å². The summed E-state index contributed by atoms with van der Waals surface area (Å²) in [5.74, 6) is -0.230. The number of aromatic amines is 1. The minimum atomic E-state index is -5.02. The number of hydrogen-bond acceptors (Lipinski definition) is 17. The molecule has 22 heteroatoms. The zero-order valence-electron chi connectivity index (χ0n) is 22.3. The fourth-order valence-corrected chi connectivity index (χ4v) is 6.32. The van der Waals surface area contributed by atoms with Crippen molar-refractivity contribution in [2.75, 3.05) is 25.7 Å². The second-order valence-electron chi connectivity index (χ2n) is 9.48. The molecule has 2 aliphatic rings. The summed E-state index contributed by atoms with van der Waals surface area (Å²) >= 11 is 1.35. The fraction of sp³-hybridized carbons (Fsp3) is 0.524. The number of nitrogens with one attached hydrogen (secondary N) is 1. The van der Waals surface area contributed by atoms with Gasteiger partial charge in [0, 0.05) is 7.11 Å². The Balaban J connectivity index is 1.19. The summed E-state index contributed by atoms with van der Waals surface area (Å²) in [6.07, 6.45) is -5.71. The standard InChI is InChI=1S/C21H26N9O11PS/c1-37-20-12(33)13(19(40-20)30-5-25-8-15(30)27-21(22)28-16(8)34)41-42(35,36)38-3-7-10(31)11(32)18(39-7)29-6-26-9-14(29)23-4-24-17(9)43-2/h4-7,10-13,18-20,31-33H,3H2,1-2H3,(H,35,36)(H3,22,27,28,34)/t7-,10?,11?,12?,13?,18-,19-,20+/m1/s1. The summed E-state index contributed by atoms with van der Waals surface area (Å²) in [6.45, 7) is -0.705. The van der Waals surface area contributed by atoms with Gasteiger partial charge in [0.25, 0.3) is 5.56 Å². The lowest BCUT2D eigenvalue weighted by atomic mass is 10.1.